The molecule has 16 heteroatoms. The Hall–Kier alpha value is -6.62. The largest absolute Gasteiger partial charge is 0.419 e. The molecule has 0 unspecified atom stereocenters. The van der Waals surface area contributed by atoms with Gasteiger partial charge in [0.05, 0.1) is 22.3 Å². The molecule has 2 aromatic heterocycles. The quantitative estimate of drug-likeness (QED) is 0.364. The summed E-state index contributed by atoms with van der Waals surface area (Å²) in [4.78, 5) is 14.5. The van der Waals surface area contributed by atoms with Gasteiger partial charge in [0.2, 0.25) is 0 Å². The van der Waals surface area contributed by atoms with Crippen molar-refractivity contribution in [2.45, 2.75) is 12.4 Å². The molecular weight excluding hydrogens is 566 g/mol. The summed E-state index contributed by atoms with van der Waals surface area (Å²) in [7, 11) is 0. The Labute approximate surface area is 230 Å². The van der Waals surface area contributed by atoms with Crippen LogP contribution in [0.1, 0.15) is 22.8 Å². The van der Waals surface area contributed by atoms with Crippen LogP contribution in [-0.2, 0) is 12.4 Å². The van der Waals surface area contributed by atoms with Crippen molar-refractivity contribution < 1.29 is 26.3 Å². The van der Waals surface area contributed by atoms with Crippen molar-refractivity contribution in [3.8, 4) is 36.4 Å². The molecule has 0 atom stereocenters. The van der Waals surface area contributed by atoms with Gasteiger partial charge in [0, 0.05) is 58.2 Å². The van der Waals surface area contributed by atoms with Crippen LogP contribution in [0.4, 0.5) is 26.3 Å². The molecule has 42 heavy (non-hydrogen) atoms. The molecule has 200 valence electrons. The van der Waals surface area contributed by atoms with Crippen LogP contribution < -0.4 is 0 Å². The number of hydrogen-bond donors (Lipinski definition) is 0. The van der Waals surface area contributed by atoms with E-state index >= 15 is 0 Å². The van der Waals surface area contributed by atoms with Crippen molar-refractivity contribution >= 4 is 11.1 Å². The molecule has 0 N–H and O–H groups in total. The second-order valence-corrected chi connectivity index (χ2v) is 8.01. The zero-order chi connectivity index (χ0) is 31.0. The van der Waals surface area contributed by atoms with Gasteiger partial charge in [-0.15, -0.1) is 0 Å². The first-order chi connectivity index (χ1) is 19.9. The lowest BCUT2D eigenvalue weighted by atomic mass is 9.89. The summed E-state index contributed by atoms with van der Waals surface area (Å²) in [5, 5.41) is 59.1. The Morgan fingerprint density at radius 2 is 0.786 bits per heavy atom. The monoisotopic (exact) mass is 570 g/mol. The van der Waals surface area contributed by atoms with E-state index in [2.05, 4.69) is 19.9 Å². The van der Waals surface area contributed by atoms with Gasteiger partial charge in [-0.3, -0.25) is 0 Å². The van der Waals surface area contributed by atoms with E-state index in [4.69, 9.17) is 0 Å². The summed E-state index contributed by atoms with van der Waals surface area (Å²) in [6.45, 7) is 0. The molecule has 2 aliphatic carbocycles. The molecule has 4 rings (SSSR count). The second-order valence-electron chi connectivity index (χ2n) is 8.01. The van der Waals surface area contributed by atoms with E-state index in [9.17, 15) is 57.9 Å². The molecule has 0 aromatic carbocycles. The fourth-order valence-electron chi connectivity index (χ4n) is 4.15. The second kappa shape index (κ2) is 10.2. The summed E-state index contributed by atoms with van der Waals surface area (Å²) in [6.07, 6.45) is -8.20. The molecule has 0 saturated heterocycles. The molecule has 2 aromatic rings. The maximum absolute atomic E-state index is 13.1. The average molecular weight is 570 g/mol. The van der Waals surface area contributed by atoms with Gasteiger partial charge in [-0.1, -0.05) is 0 Å². The maximum Gasteiger partial charge on any atom is 0.419 e. The maximum atomic E-state index is 13.1. The SMILES string of the molecule is N#CC(C#N)=C1C2=C(C(C#N)=C1c1ncc(C(F)(F)F)cn1)C(=C(C#N)C#N)C(c1ncc(C(F)(F)F)cn1)=C2C#N. The molecule has 0 bridgehead atoms. The number of nitrogens with zero attached hydrogens (tertiary/aromatic N) is 10. The van der Waals surface area contributed by atoms with Gasteiger partial charge in [-0.2, -0.15) is 57.9 Å². The van der Waals surface area contributed by atoms with Gasteiger partial charge in [0.25, 0.3) is 0 Å². The van der Waals surface area contributed by atoms with Crippen LogP contribution in [0.15, 0.2) is 69.4 Å². The van der Waals surface area contributed by atoms with E-state index in [1.807, 2.05) is 0 Å². The minimum Gasteiger partial charge on any atom is -0.236 e. The number of aromatic nitrogens is 4. The predicted molar refractivity (Wildman–Crippen MR) is 123 cm³/mol. The van der Waals surface area contributed by atoms with E-state index in [1.165, 1.54) is 0 Å². The zero-order valence-corrected chi connectivity index (χ0v) is 20.0. The molecule has 0 radical (unpaired) electrons. The van der Waals surface area contributed by atoms with E-state index in [-0.39, 0.29) is 11.1 Å². The van der Waals surface area contributed by atoms with Crippen LogP contribution in [0.5, 0.6) is 0 Å². The van der Waals surface area contributed by atoms with Gasteiger partial charge in [0.15, 0.2) is 11.6 Å². The van der Waals surface area contributed by atoms with Gasteiger partial charge >= 0.3 is 12.4 Å². The molecule has 10 nitrogen and oxygen atoms in total. The summed E-state index contributed by atoms with van der Waals surface area (Å²) < 4.78 is 78.7. The minimum absolute atomic E-state index is 0.374. The fourth-order valence-corrected chi connectivity index (χ4v) is 4.15. The highest BCUT2D eigenvalue weighted by molar-refractivity contribution is 6.10. The van der Waals surface area contributed by atoms with E-state index in [0.29, 0.717) is 24.8 Å². The van der Waals surface area contributed by atoms with Crippen LogP contribution in [0.25, 0.3) is 11.1 Å². The number of hydrogen-bond acceptors (Lipinski definition) is 10. The van der Waals surface area contributed by atoms with Crippen molar-refractivity contribution in [3.63, 3.8) is 0 Å². The van der Waals surface area contributed by atoms with Crippen molar-refractivity contribution in [2.24, 2.45) is 0 Å². The lowest BCUT2D eigenvalue weighted by Gasteiger charge is -2.14. The van der Waals surface area contributed by atoms with E-state index in [1.54, 1.807) is 36.4 Å². The summed E-state index contributed by atoms with van der Waals surface area (Å²) in [6, 6.07) is 9.67. The average Bonchev–Trinajstić information content (AvgIpc) is 3.46. The molecule has 0 spiro atoms. The number of nitriles is 6. The first kappa shape index (κ1) is 28.4. The van der Waals surface area contributed by atoms with Gasteiger partial charge in [0.1, 0.15) is 47.6 Å². The molecular formula is C26H4F6N10. The zero-order valence-electron chi connectivity index (χ0n) is 20.0. The van der Waals surface area contributed by atoms with Crippen molar-refractivity contribution in [1.82, 2.24) is 19.9 Å². The molecule has 2 aliphatic rings. The van der Waals surface area contributed by atoms with Gasteiger partial charge < -0.3 is 0 Å². The molecule has 0 fully saturated rings. The van der Waals surface area contributed by atoms with E-state index < -0.39 is 79.7 Å². The van der Waals surface area contributed by atoms with Crippen LogP contribution in [-0.4, -0.2) is 19.9 Å². The van der Waals surface area contributed by atoms with Crippen LogP contribution in [0.3, 0.4) is 0 Å². The van der Waals surface area contributed by atoms with Crippen molar-refractivity contribution in [1.29, 1.82) is 31.6 Å². The number of allylic oxidation sites excluding steroid dienone is 10. The van der Waals surface area contributed by atoms with Crippen molar-refractivity contribution in [2.75, 3.05) is 0 Å². The highest BCUT2D eigenvalue weighted by atomic mass is 19.4. The molecule has 0 saturated carbocycles. The first-order valence-corrected chi connectivity index (χ1v) is 10.8. The normalized spacial score (nSPS) is 14.4. The van der Waals surface area contributed by atoms with Crippen LogP contribution in [0.2, 0.25) is 0 Å². The minimum atomic E-state index is -4.85. The van der Waals surface area contributed by atoms with E-state index in [0.717, 1.165) is 0 Å². The lowest BCUT2D eigenvalue weighted by molar-refractivity contribution is -0.138. The molecule has 0 amide bonds. The van der Waals surface area contributed by atoms with Gasteiger partial charge in [-0.25, -0.2) is 19.9 Å². The fraction of sp³-hybridized carbons (Fsp3) is 0.0769. The van der Waals surface area contributed by atoms with Crippen LogP contribution >= 0.6 is 0 Å². The highest BCUT2D eigenvalue weighted by Gasteiger charge is 2.46. The molecule has 2 heterocycles. The standard InChI is InChI=1S/C26H4F6N10/c27-25(28,29)13-7-39-23(40-8-13)21-16(6-38)20-18(12(3-35)4-36)22(24-41-9-14(10-42-24)26(30,31)32)15(5-37)19(20)17(21)11(1-33)2-34/h7-10H. The van der Waals surface area contributed by atoms with Crippen LogP contribution in [0, 0.1) is 68.0 Å². The Balaban J connectivity index is 2.14. The Kier molecular flexibility index (Phi) is 6.87. The summed E-state index contributed by atoms with van der Waals surface area (Å²) in [5.41, 5.74) is -7.82. The lowest BCUT2D eigenvalue weighted by Crippen LogP contribution is -2.10. The predicted octanol–water partition coefficient (Wildman–Crippen LogP) is 4.57. The number of halogens is 6. The summed E-state index contributed by atoms with van der Waals surface area (Å²) >= 11 is 0. The third-order valence-corrected chi connectivity index (χ3v) is 5.83. The Morgan fingerprint density at radius 3 is 1.00 bits per heavy atom. The van der Waals surface area contributed by atoms with Crippen molar-refractivity contribution in [3.05, 3.63) is 92.1 Å². The smallest absolute Gasteiger partial charge is 0.236 e. The Morgan fingerprint density at radius 1 is 0.500 bits per heavy atom. The third-order valence-electron chi connectivity index (χ3n) is 5.83. The molecule has 0 aliphatic heterocycles. The highest BCUT2D eigenvalue weighted by Crippen LogP contribution is 2.56. The van der Waals surface area contributed by atoms with Gasteiger partial charge in [-0.05, 0) is 0 Å². The number of rotatable bonds is 2. The Bertz CT molecular complexity index is 1800. The summed E-state index contributed by atoms with van der Waals surface area (Å²) in [5.74, 6) is -1.15. The number of alkyl halides is 6. The first-order valence-electron chi connectivity index (χ1n) is 10.8. The third kappa shape index (κ3) is 4.38. The topological polar surface area (TPSA) is 194 Å².